The van der Waals surface area contributed by atoms with Crippen molar-refractivity contribution in [3.8, 4) is 11.5 Å². The van der Waals surface area contributed by atoms with Crippen LogP contribution in [-0.4, -0.2) is 27.8 Å². The van der Waals surface area contributed by atoms with E-state index in [2.05, 4.69) is 25.9 Å². The molecule has 0 atom stereocenters. The van der Waals surface area contributed by atoms with Gasteiger partial charge < -0.3 is 9.47 Å². The predicted molar refractivity (Wildman–Crippen MR) is 106 cm³/mol. The van der Waals surface area contributed by atoms with Crippen LogP contribution < -0.4 is 14.3 Å². The van der Waals surface area contributed by atoms with Gasteiger partial charge in [0.15, 0.2) is 11.5 Å². The van der Waals surface area contributed by atoms with Crippen LogP contribution in [0.15, 0.2) is 50.9 Å². The fourth-order valence-corrected chi connectivity index (χ4v) is 3.52. The summed E-state index contributed by atoms with van der Waals surface area (Å²) in [5.41, 5.74) is 1.64. The smallest absolute Gasteiger partial charge is 0.276 e. The standard InChI is InChI=1S/C18H21BrN2O4S/c1-4-24-17-11-14(10-16(19)18(17)25-5-2)12-20-21-26(22,23)15-8-6-13(3)7-9-15/h6-12,21H,4-5H2,1-3H3. The van der Waals surface area contributed by atoms with Gasteiger partial charge in [-0.15, -0.1) is 0 Å². The number of hydrazone groups is 1. The minimum atomic E-state index is -3.71. The highest BCUT2D eigenvalue weighted by atomic mass is 79.9. The molecule has 2 aromatic rings. The minimum absolute atomic E-state index is 0.156. The van der Waals surface area contributed by atoms with E-state index in [1.54, 1.807) is 24.3 Å². The maximum atomic E-state index is 12.2. The van der Waals surface area contributed by atoms with Crippen molar-refractivity contribution in [2.24, 2.45) is 5.10 Å². The largest absolute Gasteiger partial charge is 0.490 e. The van der Waals surface area contributed by atoms with Crippen LogP contribution in [-0.2, 0) is 10.0 Å². The van der Waals surface area contributed by atoms with Gasteiger partial charge in [0, 0.05) is 0 Å². The summed E-state index contributed by atoms with van der Waals surface area (Å²) >= 11 is 3.44. The number of hydrogen-bond acceptors (Lipinski definition) is 5. The zero-order valence-corrected chi connectivity index (χ0v) is 17.2. The first-order chi connectivity index (χ1) is 12.4. The molecule has 0 aliphatic carbocycles. The molecule has 0 bridgehead atoms. The number of rotatable bonds is 8. The molecule has 0 radical (unpaired) electrons. The van der Waals surface area contributed by atoms with Gasteiger partial charge in [0.05, 0.1) is 28.8 Å². The fraction of sp³-hybridized carbons (Fsp3) is 0.278. The number of nitrogens with zero attached hydrogens (tertiary/aromatic N) is 1. The maximum absolute atomic E-state index is 12.2. The van der Waals surface area contributed by atoms with E-state index < -0.39 is 10.0 Å². The van der Waals surface area contributed by atoms with Crippen molar-refractivity contribution < 1.29 is 17.9 Å². The Labute approximate surface area is 162 Å². The predicted octanol–water partition coefficient (Wildman–Crippen LogP) is 3.87. The lowest BCUT2D eigenvalue weighted by Gasteiger charge is -2.13. The number of benzene rings is 2. The lowest BCUT2D eigenvalue weighted by molar-refractivity contribution is 0.286. The Morgan fingerprint density at radius 3 is 2.38 bits per heavy atom. The Morgan fingerprint density at radius 1 is 1.12 bits per heavy atom. The number of hydrogen-bond donors (Lipinski definition) is 1. The first kappa shape index (κ1) is 20.3. The van der Waals surface area contributed by atoms with Crippen molar-refractivity contribution in [1.82, 2.24) is 4.83 Å². The molecule has 0 heterocycles. The van der Waals surface area contributed by atoms with Crippen LogP contribution in [0, 0.1) is 6.92 Å². The van der Waals surface area contributed by atoms with Gasteiger partial charge in [0.25, 0.3) is 10.0 Å². The van der Waals surface area contributed by atoms with E-state index in [4.69, 9.17) is 9.47 Å². The van der Waals surface area contributed by atoms with Crippen LogP contribution >= 0.6 is 15.9 Å². The third-order valence-electron chi connectivity index (χ3n) is 3.34. The summed E-state index contributed by atoms with van der Waals surface area (Å²) in [4.78, 5) is 2.36. The van der Waals surface area contributed by atoms with Gasteiger partial charge in [-0.1, -0.05) is 17.7 Å². The van der Waals surface area contributed by atoms with Gasteiger partial charge in [-0.05, 0) is 66.5 Å². The quantitative estimate of drug-likeness (QED) is 0.499. The molecule has 140 valence electrons. The summed E-state index contributed by atoms with van der Waals surface area (Å²) in [6.07, 6.45) is 1.41. The third-order valence-corrected chi connectivity index (χ3v) is 5.17. The molecule has 0 spiro atoms. The molecule has 0 saturated carbocycles. The van der Waals surface area contributed by atoms with Crippen LogP contribution in [0.1, 0.15) is 25.0 Å². The van der Waals surface area contributed by atoms with E-state index in [1.165, 1.54) is 18.3 Å². The molecule has 1 N–H and O–H groups in total. The molecule has 0 unspecified atom stereocenters. The summed E-state index contributed by atoms with van der Waals surface area (Å²) in [5.74, 6) is 1.17. The number of ether oxygens (including phenoxy) is 2. The second kappa shape index (κ2) is 9.05. The van der Waals surface area contributed by atoms with Crippen LogP contribution in [0.5, 0.6) is 11.5 Å². The summed E-state index contributed by atoms with van der Waals surface area (Å²) in [7, 11) is -3.71. The minimum Gasteiger partial charge on any atom is -0.490 e. The molecule has 26 heavy (non-hydrogen) atoms. The summed E-state index contributed by atoms with van der Waals surface area (Å²) < 4.78 is 36.3. The summed E-state index contributed by atoms with van der Waals surface area (Å²) in [6.45, 7) is 6.63. The molecule has 2 rings (SSSR count). The highest BCUT2D eigenvalue weighted by molar-refractivity contribution is 9.10. The van der Waals surface area contributed by atoms with E-state index in [-0.39, 0.29) is 4.90 Å². The average molecular weight is 441 g/mol. The molecule has 6 nitrogen and oxygen atoms in total. The highest BCUT2D eigenvalue weighted by Crippen LogP contribution is 2.36. The van der Waals surface area contributed by atoms with Crippen molar-refractivity contribution in [3.63, 3.8) is 0 Å². The van der Waals surface area contributed by atoms with Gasteiger partial charge >= 0.3 is 0 Å². The van der Waals surface area contributed by atoms with E-state index in [9.17, 15) is 8.42 Å². The Balaban J connectivity index is 2.20. The number of halogens is 1. The third kappa shape index (κ3) is 5.22. The zero-order valence-electron chi connectivity index (χ0n) is 14.8. The van der Waals surface area contributed by atoms with Gasteiger partial charge in [0.2, 0.25) is 0 Å². The Hall–Kier alpha value is -2.06. The van der Waals surface area contributed by atoms with Gasteiger partial charge in [-0.3, -0.25) is 0 Å². The molecule has 0 aliphatic rings. The molecular weight excluding hydrogens is 420 g/mol. The highest BCUT2D eigenvalue weighted by Gasteiger charge is 2.13. The molecule has 0 aliphatic heterocycles. The van der Waals surface area contributed by atoms with Crippen LogP contribution in [0.25, 0.3) is 0 Å². The van der Waals surface area contributed by atoms with Crippen molar-refractivity contribution >= 4 is 32.2 Å². The molecular formula is C18H21BrN2O4S. The average Bonchev–Trinajstić information content (AvgIpc) is 2.58. The zero-order chi connectivity index (χ0) is 19.2. The van der Waals surface area contributed by atoms with Crippen LogP contribution in [0.4, 0.5) is 0 Å². The Morgan fingerprint density at radius 2 is 1.77 bits per heavy atom. The van der Waals surface area contributed by atoms with Crippen molar-refractivity contribution in [2.45, 2.75) is 25.7 Å². The second-order valence-corrected chi connectivity index (χ2v) is 7.88. The first-order valence-electron chi connectivity index (χ1n) is 8.08. The second-order valence-electron chi connectivity index (χ2n) is 5.36. The summed E-state index contributed by atoms with van der Waals surface area (Å²) in [6, 6.07) is 10.0. The molecule has 0 aromatic heterocycles. The van der Waals surface area contributed by atoms with E-state index in [1.807, 2.05) is 20.8 Å². The van der Waals surface area contributed by atoms with Crippen molar-refractivity contribution in [3.05, 3.63) is 52.0 Å². The van der Waals surface area contributed by atoms with Gasteiger partial charge in [-0.2, -0.15) is 13.5 Å². The number of aryl methyl sites for hydroxylation is 1. The molecule has 2 aromatic carbocycles. The molecule has 0 saturated heterocycles. The van der Waals surface area contributed by atoms with Gasteiger partial charge in [-0.25, -0.2) is 4.83 Å². The van der Waals surface area contributed by atoms with E-state index in [0.29, 0.717) is 34.7 Å². The Bertz CT molecular complexity index is 881. The molecule has 0 amide bonds. The lowest BCUT2D eigenvalue weighted by Crippen LogP contribution is -2.18. The van der Waals surface area contributed by atoms with Crippen LogP contribution in [0.3, 0.4) is 0 Å². The van der Waals surface area contributed by atoms with Crippen molar-refractivity contribution in [1.29, 1.82) is 0 Å². The monoisotopic (exact) mass is 440 g/mol. The topological polar surface area (TPSA) is 77.0 Å². The fourth-order valence-electron chi connectivity index (χ4n) is 2.15. The summed E-state index contributed by atoms with van der Waals surface area (Å²) in [5, 5.41) is 3.85. The van der Waals surface area contributed by atoms with Crippen LogP contribution in [0.2, 0.25) is 0 Å². The first-order valence-corrected chi connectivity index (χ1v) is 10.4. The van der Waals surface area contributed by atoms with Crippen molar-refractivity contribution in [2.75, 3.05) is 13.2 Å². The lowest BCUT2D eigenvalue weighted by atomic mass is 10.2. The molecule has 8 heteroatoms. The SMILES string of the molecule is CCOc1cc(C=NNS(=O)(=O)c2ccc(C)cc2)cc(Br)c1OCC. The van der Waals surface area contributed by atoms with Gasteiger partial charge in [0.1, 0.15) is 0 Å². The van der Waals surface area contributed by atoms with E-state index in [0.717, 1.165) is 5.56 Å². The Kier molecular flexibility index (Phi) is 7.05. The molecule has 0 fully saturated rings. The number of nitrogens with one attached hydrogen (secondary N) is 1. The van der Waals surface area contributed by atoms with E-state index >= 15 is 0 Å². The maximum Gasteiger partial charge on any atom is 0.276 e. The number of sulfonamides is 1. The normalized spacial score (nSPS) is 11.5.